The Balaban J connectivity index is 1.70. The molecule has 10 nitrogen and oxygen atoms in total. The molecule has 0 aliphatic carbocycles. The highest BCUT2D eigenvalue weighted by molar-refractivity contribution is 7.22. The number of aromatic nitrogens is 3. The first-order valence-electron chi connectivity index (χ1n) is 12.1. The number of hydrogen-bond donors (Lipinski definition) is 1. The third-order valence-electron chi connectivity index (χ3n) is 6.57. The van der Waals surface area contributed by atoms with Gasteiger partial charge in [0.15, 0.2) is 5.69 Å². The highest BCUT2D eigenvalue weighted by atomic mass is 32.1. The van der Waals surface area contributed by atoms with Crippen molar-refractivity contribution < 1.29 is 37.3 Å². The molecule has 0 amide bonds. The lowest BCUT2D eigenvalue weighted by molar-refractivity contribution is -0.167. The summed E-state index contributed by atoms with van der Waals surface area (Å²) in [6.07, 6.45) is 3.12. The molecule has 1 aliphatic rings. The number of methoxy groups -OCH3 is 1. The number of thiophene rings is 1. The summed E-state index contributed by atoms with van der Waals surface area (Å²) in [6, 6.07) is 7.14. The molecule has 0 spiro atoms. The van der Waals surface area contributed by atoms with Crippen molar-refractivity contribution in [1.82, 2.24) is 14.8 Å². The van der Waals surface area contributed by atoms with Gasteiger partial charge in [-0.25, -0.2) is 9.78 Å². The Bertz CT molecular complexity index is 1550. The van der Waals surface area contributed by atoms with Gasteiger partial charge in [0.1, 0.15) is 22.9 Å². The van der Waals surface area contributed by atoms with Gasteiger partial charge >= 0.3 is 11.9 Å². The van der Waals surface area contributed by atoms with Gasteiger partial charge in [-0.15, -0.1) is 11.3 Å². The number of carboxylic acids is 1. The van der Waals surface area contributed by atoms with Crippen molar-refractivity contribution in [2.24, 2.45) is 0 Å². The van der Waals surface area contributed by atoms with Crippen LogP contribution in [0, 0.1) is 6.92 Å². The molecule has 0 bridgehead atoms. The number of oxazole rings is 1. The van der Waals surface area contributed by atoms with Gasteiger partial charge in [0.05, 0.1) is 36.2 Å². The van der Waals surface area contributed by atoms with E-state index in [9.17, 15) is 23.5 Å². The molecule has 13 heteroatoms. The number of carbonyl (C=O) groups is 1. The smallest absolute Gasteiger partial charge is 0.389 e. The van der Waals surface area contributed by atoms with Crippen LogP contribution >= 0.6 is 11.3 Å². The molecule has 1 aromatic carbocycles. The van der Waals surface area contributed by atoms with Gasteiger partial charge in [-0.1, -0.05) is 18.2 Å². The van der Waals surface area contributed by atoms with Gasteiger partial charge in [0, 0.05) is 18.8 Å². The normalized spacial score (nSPS) is 15.5. The van der Waals surface area contributed by atoms with Gasteiger partial charge in [-0.3, -0.25) is 9.48 Å². The number of aryl methyl sites for hydroxylation is 1. The van der Waals surface area contributed by atoms with Gasteiger partial charge in [-0.2, -0.15) is 13.9 Å². The molecular weight excluding hydrogens is 536 g/mol. The van der Waals surface area contributed by atoms with E-state index in [1.807, 2.05) is 0 Å². The Morgan fingerprint density at radius 3 is 2.72 bits per heavy atom. The Morgan fingerprint density at radius 1 is 1.31 bits per heavy atom. The van der Waals surface area contributed by atoms with Gasteiger partial charge in [0.2, 0.25) is 11.3 Å². The molecule has 39 heavy (non-hydrogen) atoms. The van der Waals surface area contributed by atoms with E-state index in [0.29, 0.717) is 47.8 Å². The molecule has 4 heterocycles. The number of carboxylic acid groups (broad SMARTS) is 1. The van der Waals surface area contributed by atoms with E-state index in [4.69, 9.17) is 18.6 Å². The first-order valence-corrected chi connectivity index (χ1v) is 13.0. The Kier molecular flexibility index (Phi) is 7.47. The van der Waals surface area contributed by atoms with Gasteiger partial charge < -0.3 is 23.7 Å². The average Bonchev–Trinajstić information content (AvgIpc) is 3.58. The summed E-state index contributed by atoms with van der Waals surface area (Å²) < 4.78 is 53.7. The van der Waals surface area contributed by atoms with Crippen LogP contribution < -0.4 is 10.2 Å². The lowest BCUT2D eigenvalue weighted by Crippen LogP contribution is -2.35. The molecule has 0 radical (unpaired) electrons. The Hall–Kier alpha value is -3.68. The molecule has 1 N–H and O–H groups in total. The number of rotatable bonds is 9. The SMILES string of the molecule is COc1ccccc1[C@H](Cn1nc(C(F)(F)C(=O)O)c(=O)c2c(C)c(-c3ncco3)sc21)OC1CCOCC1. The van der Waals surface area contributed by atoms with Crippen LogP contribution in [0.2, 0.25) is 0 Å². The number of nitrogens with zero attached hydrogens (tertiary/aromatic N) is 3. The van der Waals surface area contributed by atoms with E-state index >= 15 is 0 Å². The fourth-order valence-corrected chi connectivity index (χ4v) is 5.80. The summed E-state index contributed by atoms with van der Waals surface area (Å²) in [6.45, 7) is 2.50. The van der Waals surface area contributed by atoms with Crippen LogP contribution in [0.4, 0.5) is 8.78 Å². The van der Waals surface area contributed by atoms with Crippen LogP contribution in [0.25, 0.3) is 21.0 Å². The molecule has 0 saturated carbocycles. The summed E-state index contributed by atoms with van der Waals surface area (Å²) in [5.41, 5.74) is -1.57. The largest absolute Gasteiger partial charge is 0.496 e. The van der Waals surface area contributed by atoms with Crippen LogP contribution in [0.5, 0.6) is 5.75 Å². The standard InChI is InChI=1S/C26H25F2N3O7S/c1-14-19-20(32)22(26(27,28)25(33)34)30-31(24(19)39-21(14)23-29-9-12-37-23)13-18(38-15-7-10-36-11-8-15)16-5-3-4-6-17(16)35-2/h3-6,9,12,15,18H,7-8,10-11,13H2,1-2H3,(H,33,34)/t18-/m0/s1. The lowest BCUT2D eigenvalue weighted by atomic mass is 10.1. The van der Waals surface area contributed by atoms with E-state index in [-0.39, 0.29) is 28.8 Å². The second-order valence-corrected chi connectivity index (χ2v) is 9.99. The topological polar surface area (TPSA) is 126 Å². The number of hydrogen-bond acceptors (Lipinski definition) is 9. The molecule has 1 saturated heterocycles. The highest BCUT2D eigenvalue weighted by Gasteiger charge is 2.46. The molecule has 5 rings (SSSR count). The molecule has 1 atom stereocenters. The number of para-hydroxylation sites is 1. The quantitative estimate of drug-likeness (QED) is 0.313. The fourth-order valence-electron chi connectivity index (χ4n) is 4.60. The summed E-state index contributed by atoms with van der Waals surface area (Å²) in [4.78, 5) is 29.6. The minimum atomic E-state index is -4.52. The Labute approximate surface area is 224 Å². The number of aliphatic carboxylic acids is 1. The van der Waals surface area contributed by atoms with Crippen molar-refractivity contribution >= 4 is 27.5 Å². The van der Waals surface area contributed by atoms with Crippen molar-refractivity contribution in [3.63, 3.8) is 0 Å². The molecular formula is C26H25F2N3O7S. The minimum absolute atomic E-state index is 0.0797. The third kappa shape index (κ3) is 5.04. The molecule has 206 valence electrons. The highest BCUT2D eigenvalue weighted by Crippen LogP contribution is 2.39. The van der Waals surface area contributed by atoms with Crippen LogP contribution in [-0.2, 0) is 26.7 Å². The zero-order valence-corrected chi connectivity index (χ0v) is 21.9. The maximum absolute atomic E-state index is 14.8. The monoisotopic (exact) mass is 561 g/mol. The summed E-state index contributed by atoms with van der Waals surface area (Å²) in [5, 5.41) is 13.1. The van der Waals surface area contributed by atoms with E-state index in [1.165, 1.54) is 24.3 Å². The summed E-state index contributed by atoms with van der Waals surface area (Å²) in [7, 11) is 1.51. The predicted octanol–water partition coefficient (Wildman–Crippen LogP) is 4.54. The van der Waals surface area contributed by atoms with Crippen molar-refractivity contribution in [3.8, 4) is 16.5 Å². The van der Waals surface area contributed by atoms with Crippen LogP contribution in [0.1, 0.15) is 35.8 Å². The second-order valence-electron chi connectivity index (χ2n) is 8.99. The number of ether oxygens (including phenoxy) is 3. The average molecular weight is 562 g/mol. The second kappa shape index (κ2) is 10.8. The van der Waals surface area contributed by atoms with E-state index in [1.54, 1.807) is 31.2 Å². The Morgan fingerprint density at radius 2 is 2.05 bits per heavy atom. The summed E-state index contributed by atoms with van der Waals surface area (Å²) >= 11 is 1.09. The van der Waals surface area contributed by atoms with E-state index in [2.05, 4.69) is 10.1 Å². The predicted molar refractivity (Wildman–Crippen MR) is 136 cm³/mol. The van der Waals surface area contributed by atoms with Crippen LogP contribution in [-0.4, -0.2) is 52.3 Å². The molecule has 1 fully saturated rings. The van der Waals surface area contributed by atoms with Crippen LogP contribution in [0.15, 0.2) is 45.9 Å². The zero-order chi connectivity index (χ0) is 27.7. The van der Waals surface area contributed by atoms with E-state index < -0.39 is 29.1 Å². The lowest BCUT2D eigenvalue weighted by Gasteiger charge is -2.29. The maximum atomic E-state index is 14.8. The van der Waals surface area contributed by atoms with Gasteiger partial charge in [-0.05, 0) is 31.4 Å². The number of fused-ring (bicyclic) bond motifs is 1. The summed E-state index contributed by atoms with van der Waals surface area (Å²) in [5.74, 6) is -6.28. The zero-order valence-electron chi connectivity index (χ0n) is 21.1. The molecule has 3 aromatic heterocycles. The first-order chi connectivity index (χ1) is 18.7. The van der Waals surface area contributed by atoms with Gasteiger partial charge in [0.25, 0.3) is 0 Å². The molecule has 0 unspecified atom stereocenters. The third-order valence-corrected chi connectivity index (χ3v) is 7.86. The van der Waals surface area contributed by atoms with E-state index in [0.717, 1.165) is 11.3 Å². The number of alkyl halides is 2. The molecule has 4 aromatic rings. The van der Waals surface area contributed by atoms with Crippen molar-refractivity contribution in [3.05, 3.63) is 63.8 Å². The van der Waals surface area contributed by atoms with Crippen LogP contribution in [0.3, 0.4) is 0 Å². The van der Waals surface area contributed by atoms with Crippen molar-refractivity contribution in [1.29, 1.82) is 0 Å². The fraction of sp³-hybridized carbons (Fsp3) is 0.385. The molecule has 1 aliphatic heterocycles. The number of halogens is 2. The van der Waals surface area contributed by atoms with Crippen molar-refractivity contribution in [2.75, 3.05) is 20.3 Å². The minimum Gasteiger partial charge on any atom is -0.496 e. The maximum Gasteiger partial charge on any atom is 0.389 e. The first kappa shape index (κ1) is 26.9. The number of benzene rings is 1. The van der Waals surface area contributed by atoms with Crippen molar-refractivity contribution in [2.45, 2.75) is 44.4 Å².